The Balaban J connectivity index is 1.37. The number of likely N-dealkylation sites (tertiary alicyclic amines) is 1. The number of aromatic nitrogens is 2. The number of benzene rings is 1. The first kappa shape index (κ1) is 19.4. The Labute approximate surface area is 176 Å². The van der Waals surface area contributed by atoms with Gasteiger partial charge in [0.2, 0.25) is 21.9 Å². The quantitative estimate of drug-likeness (QED) is 0.732. The van der Waals surface area contributed by atoms with Crippen molar-refractivity contribution < 1.29 is 13.2 Å². The highest BCUT2D eigenvalue weighted by Crippen LogP contribution is 2.49. The number of anilines is 1. The molecule has 4 heterocycles. The normalized spacial score (nSPS) is 26.4. The minimum absolute atomic E-state index is 0.0870. The number of piperidine rings is 1. The van der Waals surface area contributed by atoms with Crippen molar-refractivity contribution in [2.75, 3.05) is 38.1 Å². The van der Waals surface area contributed by atoms with Gasteiger partial charge >= 0.3 is 0 Å². The highest BCUT2D eigenvalue weighted by Gasteiger charge is 2.61. The van der Waals surface area contributed by atoms with Crippen LogP contribution in [0.5, 0.6) is 0 Å². The molecule has 3 aliphatic heterocycles. The van der Waals surface area contributed by atoms with Crippen molar-refractivity contribution in [3.63, 3.8) is 0 Å². The van der Waals surface area contributed by atoms with E-state index in [1.165, 1.54) is 0 Å². The number of hydrogen-bond donors (Lipinski definition) is 0. The Bertz CT molecular complexity index is 1040. The zero-order chi connectivity index (χ0) is 20.9. The monoisotopic (exact) mass is 427 g/mol. The molecule has 1 aromatic carbocycles. The Kier molecular flexibility index (Phi) is 4.55. The molecule has 3 aliphatic rings. The zero-order valence-electron chi connectivity index (χ0n) is 16.9. The van der Waals surface area contributed by atoms with Crippen LogP contribution in [0.3, 0.4) is 0 Å². The highest BCUT2D eigenvalue weighted by molar-refractivity contribution is 7.89. The maximum absolute atomic E-state index is 13.1. The number of carbonyl (C=O) groups is 1. The first-order chi connectivity index (χ1) is 14.4. The number of carbonyl (C=O) groups excluding carboxylic acids is 1. The van der Waals surface area contributed by atoms with Crippen molar-refractivity contribution in [1.82, 2.24) is 19.2 Å². The summed E-state index contributed by atoms with van der Waals surface area (Å²) in [6.07, 6.45) is 4.72. The summed E-state index contributed by atoms with van der Waals surface area (Å²) in [6.45, 7) is 2.17. The van der Waals surface area contributed by atoms with Crippen LogP contribution in [0.15, 0.2) is 53.7 Å². The molecule has 0 unspecified atom stereocenters. The molecule has 2 aromatic rings. The van der Waals surface area contributed by atoms with Crippen LogP contribution in [-0.2, 0) is 14.8 Å². The van der Waals surface area contributed by atoms with Gasteiger partial charge in [0.25, 0.3) is 0 Å². The summed E-state index contributed by atoms with van der Waals surface area (Å²) in [4.78, 5) is 26.1. The molecule has 0 radical (unpaired) electrons. The summed E-state index contributed by atoms with van der Waals surface area (Å²) >= 11 is 0. The van der Waals surface area contributed by atoms with Gasteiger partial charge < -0.3 is 9.80 Å². The molecule has 2 atom stereocenters. The van der Waals surface area contributed by atoms with Crippen molar-refractivity contribution in [2.24, 2.45) is 11.8 Å². The summed E-state index contributed by atoms with van der Waals surface area (Å²) in [5, 5.41) is 0. The van der Waals surface area contributed by atoms with Crippen LogP contribution in [0, 0.1) is 11.8 Å². The fraction of sp³-hybridized carbons (Fsp3) is 0.476. The van der Waals surface area contributed by atoms with Gasteiger partial charge in [-0.3, -0.25) is 4.79 Å². The third kappa shape index (κ3) is 2.83. The van der Waals surface area contributed by atoms with Crippen LogP contribution in [0.2, 0.25) is 0 Å². The van der Waals surface area contributed by atoms with E-state index >= 15 is 0 Å². The molecular formula is C21H25N5O3S. The smallest absolute Gasteiger partial charge is 0.243 e. The van der Waals surface area contributed by atoms with E-state index in [0.717, 1.165) is 6.54 Å². The topological polar surface area (TPSA) is 86.7 Å². The van der Waals surface area contributed by atoms with E-state index in [0.29, 0.717) is 43.3 Å². The SMILES string of the molecule is CN1C(=O)[C@@H]2CN(c3ncccn3)C[C@@H]2C12CCN(S(=O)(=O)c1ccccc1)CC2. The molecule has 1 aromatic heterocycles. The molecule has 3 saturated heterocycles. The largest absolute Gasteiger partial charge is 0.340 e. The lowest BCUT2D eigenvalue weighted by Crippen LogP contribution is -2.56. The van der Waals surface area contributed by atoms with Gasteiger partial charge in [-0.2, -0.15) is 4.31 Å². The third-order valence-corrected chi connectivity index (χ3v) is 9.04. The van der Waals surface area contributed by atoms with Gasteiger partial charge in [-0.1, -0.05) is 18.2 Å². The Morgan fingerprint density at radius 2 is 1.67 bits per heavy atom. The predicted octanol–water partition coefficient (Wildman–Crippen LogP) is 1.22. The second kappa shape index (κ2) is 7.02. The van der Waals surface area contributed by atoms with E-state index in [-0.39, 0.29) is 23.3 Å². The van der Waals surface area contributed by atoms with E-state index < -0.39 is 10.0 Å². The highest BCUT2D eigenvalue weighted by atomic mass is 32.2. The lowest BCUT2D eigenvalue weighted by molar-refractivity contribution is -0.132. The first-order valence-electron chi connectivity index (χ1n) is 10.3. The van der Waals surface area contributed by atoms with E-state index in [9.17, 15) is 13.2 Å². The van der Waals surface area contributed by atoms with E-state index in [2.05, 4.69) is 14.9 Å². The molecule has 30 heavy (non-hydrogen) atoms. The standard InChI is InChI=1S/C21H25N5O3S/c1-24-19(27)17-14-25(20-22-10-5-11-23-20)15-18(17)21(24)8-12-26(13-9-21)30(28,29)16-6-3-2-4-7-16/h2-7,10-11,17-18H,8-9,12-15H2,1H3/t17-,18+/m1/s1. The lowest BCUT2D eigenvalue weighted by Gasteiger charge is -2.46. The average molecular weight is 428 g/mol. The third-order valence-electron chi connectivity index (χ3n) is 7.13. The maximum atomic E-state index is 13.1. The lowest BCUT2D eigenvalue weighted by atomic mass is 9.75. The molecule has 158 valence electrons. The van der Waals surface area contributed by atoms with Crippen molar-refractivity contribution in [2.45, 2.75) is 23.3 Å². The van der Waals surface area contributed by atoms with Gasteiger partial charge in [0, 0.05) is 51.5 Å². The number of sulfonamides is 1. The Hall–Kier alpha value is -2.52. The number of amides is 1. The van der Waals surface area contributed by atoms with Gasteiger partial charge in [0.05, 0.1) is 16.4 Å². The summed E-state index contributed by atoms with van der Waals surface area (Å²) in [6, 6.07) is 10.3. The molecule has 1 amide bonds. The molecule has 8 nitrogen and oxygen atoms in total. The fourth-order valence-electron chi connectivity index (χ4n) is 5.49. The molecule has 9 heteroatoms. The fourth-order valence-corrected chi connectivity index (χ4v) is 6.96. The van der Waals surface area contributed by atoms with Crippen molar-refractivity contribution in [3.8, 4) is 0 Å². The predicted molar refractivity (Wildman–Crippen MR) is 111 cm³/mol. The second-order valence-electron chi connectivity index (χ2n) is 8.38. The molecular weight excluding hydrogens is 402 g/mol. The summed E-state index contributed by atoms with van der Waals surface area (Å²) in [5.74, 6) is 0.871. The molecule has 3 fully saturated rings. The Morgan fingerprint density at radius 3 is 2.33 bits per heavy atom. The van der Waals surface area contributed by atoms with Crippen LogP contribution >= 0.6 is 0 Å². The van der Waals surface area contributed by atoms with Crippen LogP contribution in [-0.4, -0.2) is 72.3 Å². The summed E-state index contributed by atoms with van der Waals surface area (Å²) in [5.41, 5.74) is -0.312. The number of fused-ring (bicyclic) bond motifs is 2. The Morgan fingerprint density at radius 1 is 1.00 bits per heavy atom. The first-order valence-corrected chi connectivity index (χ1v) is 11.7. The molecule has 0 N–H and O–H groups in total. The molecule has 1 spiro atoms. The van der Waals surface area contributed by atoms with Gasteiger partial charge in [0.15, 0.2) is 0 Å². The van der Waals surface area contributed by atoms with Crippen LogP contribution in [0.4, 0.5) is 5.95 Å². The van der Waals surface area contributed by atoms with Crippen LogP contribution < -0.4 is 4.90 Å². The van der Waals surface area contributed by atoms with Crippen molar-refractivity contribution >= 4 is 21.9 Å². The molecule has 0 aliphatic carbocycles. The van der Waals surface area contributed by atoms with E-state index in [1.807, 2.05) is 18.0 Å². The summed E-state index contributed by atoms with van der Waals surface area (Å²) < 4.78 is 27.6. The maximum Gasteiger partial charge on any atom is 0.243 e. The van der Waals surface area contributed by atoms with Crippen LogP contribution in [0.25, 0.3) is 0 Å². The minimum atomic E-state index is -3.52. The van der Waals surface area contributed by atoms with E-state index in [4.69, 9.17) is 0 Å². The number of rotatable bonds is 3. The van der Waals surface area contributed by atoms with Gasteiger partial charge in [-0.25, -0.2) is 18.4 Å². The zero-order valence-corrected chi connectivity index (χ0v) is 17.7. The summed E-state index contributed by atoms with van der Waals surface area (Å²) in [7, 11) is -1.64. The van der Waals surface area contributed by atoms with Crippen molar-refractivity contribution in [3.05, 3.63) is 48.8 Å². The number of hydrogen-bond acceptors (Lipinski definition) is 6. The van der Waals surface area contributed by atoms with Gasteiger partial charge in [0.1, 0.15) is 0 Å². The minimum Gasteiger partial charge on any atom is -0.340 e. The van der Waals surface area contributed by atoms with Crippen molar-refractivity contribution in [1.29, 1.82) is 0 Å². The molecule has 0 saturated carbocycles. The second-order valence-corrected chi connectivity index (χ2v) is 10.3. The van der Waals surface area contributed by atoms with Gasteiger partial charge in [-0.05, 0) is 31.0 Å². The van der Waals surface area contributed by atoms with Gasteiger partial charge in [-0.15, -0.1) is 0 Å². The van der Waals surface area contributed by atoms with E-state index in [1.54, 1.807) is 47.0 Å². The average Bonchev–Trinajstić information content (AvgIpc) is 3.31. The molecule has 0 bridgehead atoms. The van der Waals surface area contributed by atoms with Crippen LogP contribution in [0.1, 0.15) is 12.8 Å². The number of nitrogens with zero attached hydrogens (tertiary/aromatic N) is 5. The molecule has 5 rings (SSSR count).